The number of aromatic amines is 1. The minimum Gasteiger partial charge on any atom is -0.472 e. The quantitative estimate of drug-likeness (QED) is 0.779. The summed E-state index contributed by atoms with van der Waals surface area (Å²) in [5.41, 5.74) is 1.36. The number of benzene rings is 2. The number of nitrogens with one attached hydrogen (secondary N) is 1. The lowest BCUT2D eigenvalue weighted by molar-refractivity contribution is 0.297. The van der Waals surface area contributed by atoms with Gasteiger partial charge in [-0.05, 0) is 17.7 Å². The lowest BCUT2D eigenvalue weighted by atomic mass is 10.2. The first-order chi connectivity index (χ1) is 9.33. The summed E-state index contributed by atoms with van der Waals surface area (Å²) in [4.78, 5) is 18.0. The number of hydrogen-bond acceptors (Lipinski definition) is 3. The molecule has 1 aromatic heterocycles. The van der Waals surface area contributed by atoms with Crippen LogP contribution in [0.3, 0.4) is 0 Å². The van der Waals surface area contributed by atoms with E-state index < -0.39 is 5.69 Å². The molecule has 4 heteroatoms. The van der Waals surface area contributed by atoms with Crippen molar-refractivity contribution >= 4 is 10.9 Å². The molecular weight excluding hydrogens is 240 g/mol. The Hall–Kier alpha value is -2.62. The first kappa shape index (κ1) is 11.5. The molecule has 0 aliphatic heterocycles. The third kappa shape index (κ3) is 2.47. The zero-order valence-electron chi connectivity index (χ0n) is 10.2. The van der Waals surface area contributed by atoms with E-state index in [2.05, 4.69) is 9.97 Å². The van der Waals surface area contributed by atoms with Gasteiger partial charge in [-0.2, -0.15) is 4.98 Å². The minimum absolute atomic E-state index is 0.364. The van der Waals surface area contributed by atoms with E-state index in [1.165, 1.54) is 0 Å². The third-order valence-electron chi connectivity index (χ3n) is 2.82. The van der Waals surface area contributed by atoms with Crippen molar-refractivity contribution in [3.8, 4) is 5.88 Å². The summed E-state index contributed by atoms with van der Waals surface area (Å²) in [6, 6.07) is 17.2. The fourth-order valence-corrected chi connectivity index (χ4v) is 1.91. The number of nitrogens with zero attached hydrogens (tertiary/aromatic N) is 1. The van der Waals surface area contributed by atoms with Crippen LogP contribution in [0.1, 0.15) is 5.56 Å². The van der Waals surface area contributed by atoms with Crippen LogP contribution in [-0.2, 0) is 6.61 Å². The van der Waals surface area contributed by atoms with Gasteiger partial charge in [0.15, 0.2) is 0 Å². The van der Waals surface area contributed by atoms with E-state index in [9.17, 15) is 4.79 Å². The molecule has 0 amide bonds. The van der Waals surface area contributed by atoms with Crippen LogP contribution in [0.25, 0.3) is 10.9 Å². The molecule has 3 rings (SSSR count). The van der Waals surface area contributed by atoms with Crippen molar-refractivity contribution in [2.75, 3.05) is 0 Å². The second-order valence-electron chi connectivity index (χ2n) is 4.17. The van der Waals surface area contributed by atoms with Crippen molar-refractivity contribution in [2.45, 2.75) is 6.61 Å². The second kappa shape index (κ2) is 4.94. The van der Waals surface area contributed by atoms with E-state index in [1.54, 1.807) is 0 Å². The van der Waals surface area contributed by atoms with Crippen LogP contribution in [0.5, 0.6) is 5.88 Å². The largest absolute Gasteiger partial charge is 0.472 e. The molecule has 1 N–H and O–H groups in total. The molecule has 4 nitrogen and oxygen atoms in total. The molecule has 2 aromatic carbocycles. The number of hydrogen-bond donors (Lipinski definition) is 1. The van der Waals surface area contributed by atoms with Crippen LogP contribution in [-0.4, -0.2) is 9.97 Å². The van der Waals surface area contributed by atoms with E-state index in [1.807, 2.05) is 54.6 Å². The summed E-state index contributed by atoms with van der Waals surface area (Å²) in [7, 11) is 0. The van der Waals surface area contributed by atoms with Crippen molar-refractivity contribution in [3.05, 3.63) is 70.6 Å². The standard InChI is InChI=1S/C15H12N2O2/c18-15-16-13-9-5-4-8-12(13)14(17-15)19-10-11-6-2-1-3-7-11/h1-9H,10H2,(H,16,17,18). The van der Waals surface area contributed by atoms with Gasteiger partial charge in [-0.15, -0.1) is 0 Å². The minimum atomic E-state index is -0.401. The first-order valence-corrected chi connectivity index (χ1v) is 5.99. The molecule has 0 spiro atoms. The molecule has 94 valence electrons. The molecule has 19 heavy (non-hydrogen) atoms. The summed E-state index contributed by atoms with van der Waals surface area (Å²) < 4.78 is 5.66. The molecule has 0 bridgehead atoms. The van der Waals surface area contributed by atoms with Crippen molar-refractivity contribution in [2.24, 2.45) is 0 Å². The van der Waals surface area contributed by atoms with Gasteiger partial charge >= 0.3 is 5.69 Å². The van der Waals surface area contributed by atoms with Crippen molar-refractivity contribution < 1.29 is 4.74 Å². The Morgan fingerprint density at radius 2 is 1.74 bits per heavy atom. The van der Waals surface area contributed by atoms with Crippen LogP contribution in [0.15, 0.2) is 59.4 Å². The monoisotopic (exact) mass is 252 g/mol. The van der Waals surface area contributed by atoms with Gasteiger partial charge in [0.1, 0.15) is 6.61 Å². The van der Waals surface area contributed by atoms with Gasteiger partial charge in [0.2, 0.25) is 5.88 Å². The Kier molecular flexibility index (Phi) is 2.98. The topological polar surface area (TPSA) is 55.0 Å². The van der Waals surface area contributed by atoms with Gasteiger partial charge in [0, 0.05) is 0 Å². The number of H-pyrrole nitrogens is 1. The summed E-state index contributed by atoms with van der Waals surface area (Å²) >= 11 is 0. The number of fused-ring (bicyclic) bond motifs is 1. The van der Waals surface area contributed by atoms with Crippen molar-refractivity contribution in [3.63, 3.8) is 0 Å². The van der Waals surface area contributed by atoms with Gasteiger partial charge in [-0.1, -0.05) is 42.5 Å². The molecule has 0 saturated heterocycles. The van der Waals surface area contributed by atoms with Gasteiger partial charge in [-0.3, -0.25) is 0 Å². The molecule has 0 aliphatic rings. The zero-order valence-corrected chi connectivity index (χ0v) is 10.2. The molecule has 0 aliphatic carbocycles. The van der Waals surface area contributed by atoms with Gasteiger partial charge in [0.25, 0.3) is 0 Å². The lowest BCUT2D eigenvalue weighted by Crippen LogP contribution is -2.12. The van der Waals surface area contributed by atoms with Crippen molar-refractivity contribution in [1.29, 1.82) is 0 Å². The Morgan fingerprint density at radius 3 is 2.58 bits per heavy atom. The Bertz CT molecular complexity index is 751. The lowest BCUT2D eigenvalue weighted by Gasteiger charge is -2.07. The summed E-state index contributed by atoms with van der Waals surface area (Å²) in [5, 5.41) is 0.804. The van der Waals surface area contributed by atoms with E-state index in [4.69, 9.17) is 4.74 Å². The maximum atomic E-state index is 11.5. The maximum Gasteiger partial charge on any atom is 0.348 e. The zero-order chi connectivity index (χ0) is 13.1. The molecule has 0 fully saturated rings. The predicted molar refractivity (Wildman–Crippen MR) is 73.1 cm³/mol. The Labute approximate surface area is 109 Å². The normalized spacial score (nSPS) is 10.5. The van der Waals surface area contributed by atoms with Gasteiger partial charge < -0.3 is 9.72 Å². The van der Waals surface area contributed by atoms with E-state index >= 15 is 0 Å². The van der Waals surface area contributed by atoms with E-state index in [-0.39, 0.29) is 0 Å². The van der Waals surface area contributed by atoms with Crippen molar-refractivity contribution in [1.82, 2.24) is 9.97 Å². The van der Waals surface area contributed by atoms with Crippen LogP contribution < -0.4 is 10.4 Å². The Morgan fingerprint density at radius 1 is 1.00 bits per heavy atom. The Balaban J connectivity index is 1.94. The highest BCUT2D eigenvalue weighted by Crippen LogP contribution is 2.20. The molecule has 0 atom stereocenters. The summed E-state index contributed by atoms with van der Waals surface area (Å²) in [6.07, 6.45) is 0. The molecule has 0 unspecified atom stereocenters. The number of para-hydroxylation sites is 1. The van der Waals surface area contributed by atoms with Gasteiger partial charge in [0.05, 0.1) is 10.9 Å². The molecule has 0 saturated carbocycles. The van der Waals surface area contributed by atoms with E-state index in [0.29, 0.717) is 12.5 Å². The van der Waals surface area contributed by atoms with E-state index in [0.717, 1.165) is 16.5 Å². The van der Waals surface area contributed by atoms with Crippen LogP contribution in [0, 0.1) is 0 Å². The average molecular weight is 252 g/mol. The average Bonchev–Trinajstić information content (AvgIpc) is 2.45. The number of aromatic nitrogens is 2. The van der Waals surface area contributed by atoms with Crippen LogP contribution in [0.2, 0.25) is 0 Å². The van der Waals surface area contributed by atoms with Gasteiger partial charge in [-0.25, -0.2) is 4.79 Å². The molecule has 3 aromatic rings. The smallest absolute Gasteiger partial charge is 0.348 e. The molecule has 0 radical (unpaired) electrons. The highest BCUT2D eigenvalue weighted by Gasteiger charge is 2.05. The fourth-order valence-electron chi connectivity index (χ4n) is 1.91. The summed E-state index contributed by atoms with van der Waals surface area (Å²) in [5.74, 6) is 0.364. The predicted octanol–water partition coefficient (Wildman–Crippen LogP) is 2.50. The summed E-state index contributed by atoms with van der Waals surface area (Å²) in [6.45, 7) is 0.390. The third-order valence-corrected chi connectivity index (χ3v) is 2.82. The van der Waals surface area contributed by atoms with Crippen LogP contribution >= 0.6 is 0 Å². The fraction of sp³-hybridized carbons (Fsp3) is 0.0667. The first-order valence-electron chi connectivity index (χ1n) is 5.99. The molecular formula is C15H12N2O2. The highest BCUT2D eigenvalue weighted by molar-refractivity contribution is 5.82. The number of rotatable bonds is 3. The second-order valence-corrected chi connectivity index (χ2v) is 4.17. The SMILES string of the molecule is O=c1nc(OCc2ccccc2)c2ccccc2[nH]1. The maximum absolute atomic E-state index is 11.5. The van der Waals surface area contributed by atoms with Crippen LogP contribution in [0.4, 0.5) is 0 Å². The molecule has 1 heterocycles. The number of ether oxygens (including phenoxy) is 1. The highest BCUT2D eigenvalue weighted by atomic mass is 16.5.